The van der Waals surface area contributed by atoms with Crippen molar-refractivity contribution in [3.8, 4) is 0 Å². The van der Waals surface area contributed by atoms with Crippen LogP contribution in [0.25, 0.3) is 0 Å². The Morgan fingerprint density at radius 2 is 1.94 bits per heavy atom. The summed E-state index contributed by atoms with van der Waals surface area (Å²) in [6.07, 6.45) is 2.24. The number of nitrogen functional groups attached to an aromatic ring is 1. The molecule has 0 atom stereocenters. The summed E-state index contributed by atoms with van der Waals surface area (Å²) < 4.78 is 10.9. The second kappa shape index (κ2) is 8.34. The van der Waals surface area contributed by atoms with E-state index < -0.39 is 0 Å². The highest BCUT2D eigenvalue weighted by atomic mass is 35.5. The third-order valence-electron chi connectivity index (χ3n) is 2.42. The molecule has 3 nitrogen and oxygen atoms in total. The van der Waals surface area contributed by atoms with Crippen LogP contribution < -0.4 is 5.73 Å². The summed E-state index contributed by atoms with van der Waals surface area (Å²) >= 11 is 6.02. The van der Waals surface area contributed by atoms with Gasteiger partial charge in [-0.05, 0) is 18.6 Å². The van der Waals surface area contributed by atoms with E-state index in [-0.39, 0.29) is 0 Å². The average Bonchev–Trinajstić information content (AvgIpc) is 2.31. The van der Waals surface area contributed by atoms with Crippen molar-refractivity contribution in [2.75, 3.05) is 25.6 Å². The molecule has 0 radical (unpaired) electrons. The molecule has 0 aromatic heterocycles. The Kier molecular flexibility index (Phi) is 7.01. The number of halogens is 1. The molecule has 0 aliphatic carbocycles. The summed E-state index contributed by atoms with van der Waals surface area (Å²) in [7, 11) is 0. The Morgan fingerprint density at radius 3 is 2.65 bits per heavy atom. The molecule has 0 aliphatic rings. The predicted octanol–water partition coefficient (Wildman–Crippen LogP) is 3.26. The summed E-state index contributed by atoms with van der Waals surface area (Å²) in [5.74, 6) is 0. The zero-order valence-electron chi connectivity index (χ0n) is 10.2. The molecule has 0 unspecified atom stereocenters. The maximum Gasteiger partial charge on any atom is 0.0752 e. The van der Waals surface area contributed by atoms with Gasteiger partial charge in [0.05, 0.1) is 19.8 Å². The molecule has 0 fully saturated rings. The lowest BCUT2D eigenvalue weighted by molar-refractivity contribution is 0.0399. The van der Waals surface area contributed by atoms with Gasteiger partial charge in [-0.15, -0.1) is 0 Å². The van der Waals surface area contributed by atoms with E-state index in [1.54, 1.807) is 0 Å². The lowest BCUT2D eigenvalue weighted by Gasteiger charge is -2.09. The molecular weight excluding hydrogens is 238 g/mol. The predicted molar refractivity (Wildman–Crippen MR) is 71.2 cm³/mol. The molecule has 0 aliphatic heterocycles. The number of ether oxygens (including phenoxy) is 2. The van der Waals surface area contributed by atoms with Crippen molar-refractivity contribution in [2.45, 2.75) is 26.4 Å². The van der Waals surface area contributed by atoms with Gasteiger partial charge in [-0.1, -0.05) is 31.0 Å². The molecule has 96 valence electrons. The van der Waals surface area contributed by atoms with E-state index in [0.29, 0.717) is 30.5 Å². The Balaban J connectivity index is 2.18. The smallest absolute Gasteiger partial charge is 0.0752 e. The molecule has 1 aromatic rings. The van der Waals surface area contributed by atoms with E-state index in [9.17, 15) is 0 Å². The van der Waals surface area contributed by atoms with Gasteiger partial charge in [-0.2, -0.15) is 0 Å². The standard InChI is InChI=1S/C13H20ClNO2/c1-2-3-7-16-8-9-17-10-11-12(14)5-4-6-13(11)15/h4-6H,2-3,7-10,15H2,1H3. The second-order valence-electron chi connectivity index (χ2n) is 3.83. The quantitative estimate of drug-likeness (QED) is 0.574. The lowest BCUT2D eigenvalue weighted by atomic mass is 10.2. The molecule has 0 saturated heterocycles. The molecule has 17 heavy (non-hydrogen) atoms. The number of rotatable bonds is 8. The van der Waals surface area contributed by atoms with Gasteiger partial charge in [0.15, 0.2) is 0 Å². The van der Waals surface area contributed by atoms with E-state index >= 15 is 0 Å². The maximum atomic E-state index is 6.02. The monoisotopic (exact) mass is 257 g/mol. The Morgan fingerprint density at radius 1 is 1.18 bits per heavy atom. The molecule has 2 N–H and O–H groups in total. The lowest BCUT2D eigenvalue weighted by Crippen LogP contribution is -2.06. The van der Waals surface area contributed by atoms with Crippen LogP contribution in [0, 0.1) is 0 Å². The van der Waals surface area contributed by atoms with E-state index in [1.807, 2.05) is 18.2 Å². The van der Waals surface area contributed by atoms with Crippen molar-refractivity contribution in [3.05, 3.63) is 28.8 Å². The molecule has 0 amide bonds. The second-order valence-corrected chi connectivity index (χ2v) is 4.23. The van der Waals surface area contributed by atoms with Crippen LogP contribution in [-0.2, 0) is 16.1 Å². The van der Waals surface area contributed by atoms with Crippen LogP contribution in [0.3, 0.4) is 0 Å². The summed E-state index contributed by atoms with van der Waals surface area (Å²) in [6, 6.07) is 5.46. The Labute approximate surface area is 108 Å². The first-order valence-electron chi connectivity index (χ1n) is 5.94. The highest BCUT2D eigenvalue weighted by Crippen LogP contribution is 2.22. The molecule has 4 heteroatoms. The van der Waals surface area contributed by atoms with Gasteiger partial charge in [0.2, 0.25) is 0 Å². The van der Waals surface area contributed by atoms with Gasteiger partial charge in [0.1, 0.15) is 0 Å². The molecule has 0 heterocycles. The van der Waals surface area contributed by atoms with Gasteiger partial charge < -0.3 is 15.2 Å². The number of benzene rings is 1. The minimum absolute atomic E-state index is 0.433. The van der Waals surface area contributed by atoms with Gasteiger partial charge in [-0.3, -0.25) is 0 Å². The highest BCUT2D eigenvalue weighted by Gasteiger charge is 2.03. The van der Waals surface area contributed by atoms with Gasteiger partial charge >= 0.3 is 0 Å². The van der Waals surface area contributed by atoms with Gasteiger partial charge in [0.25, 0.3) is 0 Å². The minimum Gasteiger partial charge on any atom is -0.398 e. The van der Waals surface area contributed by atoms with Crippen molar-refractivity contribution in [2.24, 2.45) is 0 Å². The molecular formula is C13H20ClNO2. The van der Waals surface area contributed by atoms with Crippen LogP contribution in [0.1, 0.15) is 25.3 Å². The largest absolute Gasteiger partial charge is 0.398 e. The van der Waals surface area contributed by atoms with Crippen LogP contribution in [0.4, 0.5) is 5.69 Å². The third-order valence-corrected chi connectivity index (χ3v) is 2.77. The molecule has 0 spiro atoms. The first-order chi connectivity index (χ1) is 8.25. The number of anilines is 1. The fraction of sp³-hybridized carbons (Fsp3) is 0.538. The highest BCUT2D eigenvalue weighted by molar-refractivity contribution is 6.31. The number of unbranched alkanes of at least 4 members (excludes halogenated alkanes) is 1. The third kappa shape index (κ3) is 5.39. The average molecular weight is 258 g/mol. The van der Waals surface area contributed by atoms with Crippen LogP contribution in [0.15, 0.2) is 18.2 Å². The van der Waals surface area contributed by atoms with Crippen molar-refractivity contribution in [1.29, 1.82) is 0 Å². The van der Waals surface area contributed by atoms with Gasteiger partial charge in [-0.25, -0.2) is 0 Å². The summed E-state index contributed by atoms with van der Waals surface area (Å²) in [4.78, 5) is 0. The zero-order chi connectivity index (χ0) is 12.5. The van der Waals surface area contributed by atoms with Gasteiger partial charge in [0, 0.05) is 22.9 Å². The van der Waals surface area contributed by atoms with Crippen molar-refractivity contribution < 1.29 is 9.47 Å². The summed E-state index contributed by atoms with van der Waals surface area (Å²) in [5.41, 5.74) is 7.33. The first-order valence-corrected chi connectivity index (χ1v) is 6.31. The van der Waals surface area contributed by atoms with Crippen LogP contribution in [0.5, 0.6) is 0 Å². The van der Waals surface area contributed by atoms with Crippen molar-refractivity contribution in [1.82, 2.24) is 0 Å². The normalized spacial score (nSPS) is 10.7. The van der Waals surface area contributed by atoms with E-state index in [1.165, 1.54) is 0 Å². The Bertz CT molecular complexity index is 311. The Hall–Kier alpha value is -0.770. The molecule has 0 bridgehead atoms. The first kappa shape index (κ1) is 14.3. The fourth-order valence-corrected chi connectivity index (χ4v) is 1.60. The fourth-order valence-electron chi connectivity index (χ4n) is 1.37. The SMILES string of the molecule is CCCCOCCOCc1c(N)cccc1Cl. The van der Waals surface area contributed by atoms with Crippen LogP contribution >= 0.6 is 11.6 Å². The van der Waals surface area contributed by atoms with E-state index in [2.05, 4.69) is 6.92 Å². The van der Waals surface area contributed by atoms with E-state index in [0.717, 1.165) is 25.0 Å². The number of hydrogen-bond acceptors (Lipinski definition) is 3. The molecule has 1 rings (SSSR count). The zero-order valence-corrected chi connectivity index (χ0v) is 11.0. The molecule has 0 saturated carbocycles. The summed E-state index contributed by atoms with van der Waals surface area (Å²) in [6.45, 7) is 4.55. The molecule has 1 aromatic carbocycles. The van der Waals surface area contributed by atoms with Crippen LogP contribution in [-0.4, -0.2) is 19.8 Å². The topological polar surface area (TPSA) is 44.5 Å². The number of nitrogens with two attached hydrogens (primary N) is 1. The van der Waals surface area contributed by atoms with Crippen molar-refractivity contribution >= 4 is 17.3 Å². The van der Waals surface area contributed by atoms with E-state index in [4.69, 9.17) is 26.8 Å². The number of hydrogen-bond donors (Lipinski definition) is 1. The van der Waals surface area contributed by atoms with Crippen LogP contribution in [0.2, 0.25) is 5.02 Å². The maximum absolute atomic E-state index is 6.02. The summed E-state index contributed by atoms with van der Waals surface area (Å²) in [5, 5.41) is 0.650. The minimum atomic E-state index is 0.433. The van der Waals surface area contributed by atoms with Crippen molar-refractivity contribution in [3.63, 3.8) is 0 Å².